The van der Waals surface area contributed by atoms with E-state index in [1.807, 2.05) is 0 Å². The van der Waals surface area contributed by atoms with E-state index in [1.165, 1.54) is 12.3 Å². The van der Waals surface area contributed by atoms with Gasteiger partial charge in [-0.25, -0.2) is 9.18 Å². The van der Waals surface area contributed by atoms with Crippen LogP contribution in [-0.4, -0.2) is 23.2 Å². The van der Waals surface area contributed by atoms with Gasteiger partial charge in [0.2, 0.25) is 0 Å². The quantitative estimate of drug-likeness (QED) is 0.519. The summed E-state index contributed by atoms with van der Waals surface area (Å²) in [6.45, 7) is 1.94. The van der Waals surface area contributed by atoms with Crippen LogP contribution in [0.1, 0.15) is 55.6 Å². The van der Waals surface area contributed by atoms with Gasteiger partial charge >= 0.3 is 12.6 Å². The highest BCUT2D eigenvalue weighted by atomic mass is 35.5. The molecule has 0 saturated heterocycles. The minimum absolute atomic E-state index is 0.0383. The predicted molar refractivity (Wildman–Crippen MR) is 99.5 cm³/mol. The van der Waals surface area contributed by atoms with E-state index in [0.717, 1.165) is 25.0 Å². The molecule has 1 aromatic carbocycles. The first-order valence-electron chi connectivity index (χ1n) is 8.88. The summed E-state index contributed by atoms with van der Waals surface area (Å²) in [5, 5.41) is -0.0603. The summed E-state index contributed by atoms with van der Waals surface area (Å²) >= 11 is 6.11. The number of carbonyl (C=O) groups is 1. The molecule has 0 bridgehead atoms. The Balaban J connectivity index is 1.85. The lowest BCUT2D eigenvalue weighted by molar-refractivity contribution is -0.0508. The number of halogens is 4. The molecule has 0 aliphatic heterocycles. The number of ether oxygens (including phenoxy) is 3. The van der Waals surface area contributed by atoms with Gasteiger partial charge in [0.25, 0.3) is 0 Å². The summed E-state index contributed by atoms with van der Waals surface area (Å²) < 4.78 is 55.0. The highest BCUT2D eigenvalue weighted by Crippen LogP contribution is 2.44. The van der Waals surface area contributed by atoms with E-state index in [4.69, 9.17) is 21.1 Å². The van der Waals surface area contributed by atoms with E-state index < -0.39 is 24.0 Å². The number of alkyl halides is 2. The van der Waals surface area contributed by atoms with Gasteiger partial charge in [-0.05, 0) is 39.7 Å². The standard InChI is InChI=1S/C20H19ClF3NO4/c1-20(2,3)29-18(26)12-7-13(21)15(8-14(12)22)27-11-6-16(28-19(23)24)17(25-9-11)10-4-5-10/h6-10,19H,4-5H2,1-3H3. The lowest BCUT2D eigenvalue weighted by Gasteiger charge is -2.20. The molecule has 5 nitrogen and oxygen atoms in total. The summed E-state index contributed by atoms with van der Waals surface area (Å²) in [7, 11) is 0. The Labute approximate surface area is 170 Å². The Kier molecular flexibility index (Phi) is 5.93. The third-order valence-electron chi connectivity index (χ3n) is 3.90. The fraction of sp³-hybridized carbons (Fsp3) is 0.400. The van der Waals surface area contributed by atoms with Crippen LogP contribution in [0.2, 0.25) is 5.02 Å². The highest BCUT2D eigenvalue weighted by molar-refractivity contribution is 6.32. The molecule has 0 unspecified atom stereocenters. The van der Waals surface area contributed by atoms with Gasteiger partial charge in [0.05, 0.1) is 22.5 Å². The van der Waals surface area contributed by atoms with Gasteiger partial charge in [-0.3, -0.25) is 4.98 Å². The van der Waals surface area contributed by atoms with Crippen molar-refractivity contribution in [1.82, 2.24) is 4.98 Å². The molecule has 3 rings (SSSR count). The number of pyridine rings is 1. The maximum atomic E-state index is 14.4. The van der Waals surface area contributed by atoms with Crippen LogP contribution >= 0.6 is 11.6 Å². The highest BCUT2D eigenvalue weighted by Gasteiger charge is 2.30. The minimum atomic E-state index is -3.02. The molecule has 0 spiro atoms. The van der Waals surface area contributed by atoms with Crippen molar-refractivity contribution in [2.45, 2.75) is 51.7 Å². The smallest absolute Gasteiger partial charge is 0.387 e. The van der Waals surface area contributed by atoms with Crippen LogP contribution in [0.4, 0.5) is 13.2 Å². The van der Waals surface area contributed by atoms with Crippen molar-refractivity contribution in [1.29, 1.82) is 0 Å². The van der Waals surface area contributed by atoms with E-state index in [2.05, 4.69) is 9.72 Å². The van der Waals surface area contributed by atoms with Gasteiger partial charge in [0.15, 0.2) is 5.75 Å². The van der Waals surface area contributed by atoms with Gasteiger partial charge in [-0.1, -0.05) is 11.6 Å². The van der Waals surface area contributed by atoms with Crippen LogP contribution in [0.25, 0.3) is 0 Å². The molecule has 9 heteroatoms. The molecule has 1 aromatic heterocycles. The van der Waals surface area contributed by atoms with Crippen LogP contribution in [0.3, 0.4) is 0 Å². The van der Waals surface area contributed by atoms with Gasteiger partial charge < -0.3 is 14.2 Å². The van der Waals surface area contributed by atoms with Crippen LogP contribution in [0, 0.1) is 5.82 Å². The molecule has 156 valence electrons. The number of benzene rings is 1. The van der Waals surface area contributed by atoms with E-state index in [-0.39, 0.29) is 33.8 Å². The molecule has 1 aliphatic carbocycles. The summed E-state index contributed by atoms with van der Waals surface area (Å²) in [6, 6.07) is 3.26. The van der Waals surface area contributed by atoms with Gasteiger partial charge in [-0.15, -0.1) is 0 Å². The molecule has 2 aromatic rings. The van der Waals surface area contributed by atoms with Crippen molar-refractivity contribution in [3.05, 3.63) is 46.5 Å². The van der Waals surface area contributed by atoms with E-state index >= 15 is 0 Å². The van der Waals surface area contributed by atoms with Crippen molar-refractivity contribution in [2.75, 3.05) is 0 Å². The summed E-state index contributed by atoms with van der Waals surface area (Å²) in [5.74, 6) is -1.86. The zero-order valence-corrected chi connectivity index (χ0v) is 16.7. The van der Waals surface area contributed by atoms with Crippen molar-refractivity contribution in [2.24, 2.45) is 0 Å². The van der Waals surface area contributed by atoms with E-state index in [0.29, 0.717) is 5.69 Å². The van der Waals surface area contributed by atoms with Crippen molar-refractivity contribution < 1.29 is 32.2 Å². The van der Waals surface area contributed by atoms with Crippen LogP contribution in [0.5, 0.6) is 17.2 Å². The third-order valence-corrected chi connectivity index (χ3v) is 4.20. The van der Waals surface area contributed by atoms with E-state index in [1.54, 1.807) is 20.8 Å². The number of nitrogens with zero attached hydrogens (tertiary/aromatic N) is 1. The molecule has 0 amide bonds. The van der Waals surface area contributed by atoms with Gasteiger partial charge in [0.1, 0.15) is 22.9 Å². The Morgan fingerprint density at radius 3 is 2.48 bits per heavy atom. The lowest BCUT2D eigenvalue weighted by atomic mass is 10.1. The fourth-order valence-corrected chi connectivity index (χ4v) is 2.77. The zero-order valence-electron chi connectivity index (χ0n) is 16.0. The monoisotopic (exact) mass is 429 g/mol. The third kappa shape index (κ3) is 5.53. The second-order valence-corrected chi connectivity index (χ2v) is 7.98. The SMILES string of the molecule is CC(C)(C)OC(=O)c1cc(Cl)c(Oc2cnc(C3CC3)c(OC(F)F)c2)cc1F. The normalized spacial score (nSPS) is 14.1. The first kappa shape index (κ1) is 21.2. The Hall–Kier alpha value is -2.48. The number of carbonyl (C=O) groups excluding carboxylic acids is 1. The predicted octanol–water partition coefficient (Wildman–Crippen LogP) is 6.10. The minimum Gasteiger partial charge on any atom is -0.456 e. The van der Waals surface area contributed by atoms with Crippen molar-refractivity contribution in [3.8, 4) is 17.2 Å². The van der Waals surface area contributed by atoms with Crippen LogP contribution < -0.4 is 9.47 Å². The average molecular weight is 430 g/mol. The molecule has 1 heterocycles. The molecule has 0 radical (unpaired) electrons. The molecule has 29 heavy (non-hydrogen) atoms. The van der Waals surface area contributed by atoms with E-state index in [9.17, 15) is 18.0 Å². The molecule has 0 atom stereocenters. The number of hydrogen-bond donors (Lipinski definition) is 0. The Morgan fingerprint density at radius 2 is 1.90 bits per heavy atom. The van der Waals surface area contributed by atoms with Crippen LogP contribution in [-0.2, 0) is 4.74 Å². The van der Waals surface area contributed by atoms with Crippen LogP contribution in [0.15, 0.2) is 24.4 Å². The molecular weight excluding hydrogens is 411 g/mol. The number of rotatable bonds is 6. The van der Waals surface area contributed by atoms with Gasteiger partial charge in [-0.2, -0.15) is 8.78 Å². The maximum absolute atomic E-state index is 14.4. The average Bonchev–Trinajstić information content (AvgIpc) is 3.41. The van der Waals surface area contributed by atoms with Gasteiger partial charge in [0, 0.05) is 18.1 Å². The van der Waals surface area contributed by atoms with Crippen molar-refractivity contribution in [3.63, 3.8) is 0 Å². The Morgan fingerprint density at radius 1 is 1.21 bits per heavy atom. The number of esters is 1. The fourth-order valence-electron chi connectivity index (χ4n) is 2.57. The first-order chi connectivity index (χ1) is 13.5. The summed E-state index contributed by atoms with van der Waals surface area (Å²) in [6.07, 6.45) is 3.01. The zero-order chi connectivity index (χ0) is 21.3. The molecule has 1 saturated carbocycles. The second-order valence-electron chi connectivity index (χ2n) is 7.57. The number of hydrogen-bond acceptors (Lipinski definition) is 5. The maximum Gasteiger partial charge on any atom is 0.387 e. The molecule has 0 N–H and O–H groups in total. The lowest BCUT2D eigenvalue weighted by Crippen LogP contribution is -2.24. The topological polar surface area (TPSA) is 57.7 Å². The Bertz CT molecular complexity index is 927. The molecular formula is C20H19ClF3NO4. The second kappa shape index (κ2) is 8.10. The summed E-state index contributed by atoms with van der Waals surface area (Å²) in [4.78, 5) is 16.2. The molecule has 1 fully saturated rings. The first-order valence-corrected chi connectivity index (χ1v) is 9.26. The number of aromatic nitrogens is 1. The largest absolute Gasteiger partial charge is 0.456 e. The van der Waals surface area contributed by atoms with Crippen molar-refractivity contribution >= 4 is 17.6 Å². The summed E-state index contributed by atoms with van der Waals surface area (Å²) in [5.41, 5.74) is -0.724. The molecule has 1 aliphatic rings.